The lowest BCUT2D eigenvalue weighted by Crippen LogP contribution is -2.38. The SMILES string of the molecule is CC(C)(CNC(=O)CC1CCCN1)Cc1cccc(Cl)c1. The highest BCUT2D eigenvalue weighted by molar-refractivity contribution is 6.30. The molecule has 0 aromatic heterocycles. The lowest BCUT2D eigenvalue weighted by Gasteiger charge is -2.25. The summed E-state index contributed by atoms with van der Waals surface area (Å²) in [7, 11) is 0. The van der Waals surface area contributed by atoms with Crippen molar-refractivity contribution in [2.24, 2.45) is 5.41 Å². The number of rotatable bonds is 6. The highest BCUT2D eigenvalue weighted by atomic mass is 35.5. The first-order valence-corrected chi connectivity index (χ1v) is 8.07. The Hall–Kier alpha value is -1.06. The minimum Gasteiger partial charge on any atom is -0.356 e. The zero-order valence-electron chi connectivity index (χ0n) is 12.9. The van der Waals surface area contributed by atoms with Gasteiger partial charge in [-0.25, -0.2) is 0 Å². The van der Waals surface area contributed by atoms with Gasteiger partial charge in [-0.15, -0.1) is 0 Å². The quantitative estimate of drug-likeness (QED) is 0.847. The Morgan fingerprint density at radius 1 is 1.48 bits per heavy atom. The third-order valence-electron chi connectivity index (χ3n) is 3.93. The van der Waals surface area contributed by atoms with Gasteiger partial charge in [0, 0.05) is 24.0 Å². The predicted molar refractivity (Wildman–Crippen MR) is 87.6 cm³/mol. The van der Waals surface area contributed by atoms with Gasteiger partial charge < -0.3 is 10.6 Å². The molecule has 0 bridgehead atoms. The first kappa shape index (κ1) is 16.3. The molecular weight excluding hydrogens is 284 g/mol. The summed E-state index contributed by atoms with van der Waals surface area (Å²) in [6.45, 7) is 6.06. The standard InChI is InChI=1S/C17H25ClN2O/c1-17(2,11-13-5-3-6-14(18)9-13)12-20-16(21)10-15-7-4-8-19-15/h3,5-6,9,15,19H,4,7-8,10-12H2,1-2H3,(H,20,21). The summed E-state index contributed by atoms with van der Waals surface area (Å²) in [5.74, 6) is 0.147. The van der Waals surface area contributed by atoms with E-state index in [1.807, 2.05) is 18.2 Å². The lowest BCUT2D eigenvalue weighted by atomic mass is 9.85. The molecule has 0 aliphatic carbocycles. The molecule has 2 N–H and O–H groups in total. The smallest absolute Gasteiger partial charge is 0.221 e. The summed E-state index contributed by atoms with van der Waals surface area (Å²) in [5, 5.41) is 7.19. The molecule has 1 aliphatic heterocycles. The van der Waals surface area contributed by atoms with Crippen molar-refractivity contribution >= 4 is 17.5 Å². The molecular formula is C17H25ClN2O. The van der Waals surface area contributed by atoms with Gasteiger partial charge in [0.2, 0.25) is 5.91 Å². The van der Waals surface area contributed by atoms with E-state index in [-0.39, 0.29) is 11.3 Å². The predicted octanol–water partition coefficient (Wildman–Crippen LogP) is 3.17. The largest absolute Gasteiger partial charge is 0.356 e. The van der Waals surface area contributed by atoms with Crippen LogP contribution in [0.25, 0.3) is 0 Å². The van der Waals surface area contributed by atoms with Crippen LogP contribution in [-0.4, -0.2) is 25.0 Å². The van der Waals surface area contributed by atoms with E-state index in [2.05, 4.69) is 30.5 Å². The molecule has 116 valence electrons. The molecule has 21 heavy (non-hydrogen) atoms. The topological polar surface area (TPSA) is 41.1 Å². The summed E-state index contributed by atoms with van der Waals surface area (Å²) >= 11 is 6.02. The van der Waals surface area contributed by atoms with Crippen LogP contribution < -0.4 is 10.6 Å². The highest BCUT2D eigenvalue weighted by Gasteiger charge is 2.22. The third-order valence-corrected chi connectivity index (χ3v) is 4.17. The van der Waals surface area contributed by atoms with E-state index in [1.54, 1.807) is 0 Å². The number of amides is 1. The molecule has 1 saturated heterocycles. The number of benzene rings is 1. The Labute approximate surface area is 132 Å². The fraction of sp³-hybridized carbons (Fsp3) is 0.588. The fourth-order valence-electron chi connectivity index (χ4n) is 2.83. The summed E-state index contributed by atoms with van der Waals surface area (Å²) in [6.07, 6.45) is 3.78. The number of hydrogen-bond donors (Lipinski definition) is 2. The van der Waals surface area contributed by atoms with Crippen LogP contribution in [0.15, 0.2) is 24.3 Å². The monoisotopic (exact) mass is 308 g/mol. The van der Waals surface area contributed by atoms with Crippen LogP contribution >= 0.6 is 11.6 Å². The molecule has 0 spiro atoms. The van der Waals surface area contributed by atoms with Gasteiger partial charge in [-0.05, 0) is 48.9 Å². The van der Waals surface area contributed by atoms with Crippen molar-refractivity contribution in [1.29, 1.82) is 0 Å². The molecule has 1 heterocycles. The maximum atomic E-state index is 12.0. The molecule has 1 aliphatic rings. The summed E-state index contributed by atoms with van der Waals surface area (Å²) in [5.41, 5.74) is 1.22. The number of carbonyl (C=O) groups is 1. The minimum atomic E-state index is 0.0173. The molecule has 1 unspecified atom stereocenters. The number of halogens is 1. The molecule has 1 aromatic rings. The Bertz CT molecular complexity index is 481. The normalized spacial score (nSPS) is 18.7. The number of carbonyl (C=O) groups excluding carboxylic acids is 1. The van der Waals surface area contributed by atoms with Gasteiger partial charge in [0.1, 0.15) is 0 Å². The van der Waals surface area contributed by atoms with Crippen LogP contribution in [0.3, 0.4) is 0 Å². The second-order valence-corrected chi connectivity index (χ2v) is 7.18. The van der Waals surface area contributed by atoms with E-state index in [4.69, 9.17) is 11.6 Å². The van der Waals surface area contributed by atoms with Gasteiger partial charge >= 0.3 is 0 Å². The molecule has 2 rings (SSSR count). The van der Waals surface area contributed by atoms with E-state index in [1.165, 1.54) is 12.0 Å². The maximum Gasteiger partial charge on any atom is 0.221 e. The fourth-order valence-corrected chi connectivity index (χ4v) is 3.04. The van der Waals surface area contributed by atoms with E-state index >= 15 is 0 Å². The van der Waals surface area contributed by atoms with Gasteiger partial charge in [0.15, 0.2) is 0 Å². The second kappa shape index (κ2) is 7.28. The Balaban J connectivity index is 1.78. The minimum absolute atomic E-state index is 0.0173. The van der Waals surface area contributed by atoms with E-state index in [0.717, 1.165) is 24.4 Å². The molecule has 4 heteroatoms. The Morgan fingerprint density at radius 2 is 2.29 bits per heavy atom. The van der Waals surface area contributed by atoms with Crippen LogP contribution in [0, 0.1) is 5.41 Å². The van der Waals surface area contributed by atoms with Crippen molar-refractivity contribution in [3.63, 3.8) is 0 Å². The molecule has 0 radical (unpaired) electrons. The molecule has 1 fully saturated rings. The average molecular weight is 309 g/mol. The summed E-state index contributed by atoms with van der Waals surface area (Å²) in [4.78, 5) is 12.0. The molecule has 1 amide bonds. The third kappa shape index (κ3) is 5.68. The molecule has 0 saturated carbocycles. The highest BCUT2D eigenvalue weighted by Crippen LogP contribution is 2.23. The van der Waals surface area contributed by atoms with Crippen LogP contribution in [-0.2, 0) is 11.2 Å². The van der Waals surface area contributed by atoms with Crippen molar-refractivity contribution in [1.82, 2.24) is 10.6 Å². The van der Waals surface area contributed by atoms with Crippen molar-refractivity contribution in [2.75, 3.05) is 13.1 Å². The van der Waals surface area contributed by atoms with Gasteiger partial charge in [-0.1, -0.05) is 37.6 Å². The van der Waals surface area contributed by atoms with E-state index < -0.39 is 0 Å². The molecule has 1 aromatic carbocycles. The van der Waals surface area contributed by atoms with Gasteiger partial charge in [-0.3, -0.25) is 4.79 Å². The lowest BCUT2D eigenvalue weighted by molar-refractivity contribution is -0.121. The Morgan fingerprint density at radius 3 is 2.95 bits per heavy atom. The van der Waals surface area contributed by atoms with Crippen molar-refractivity contribution in [3.8, 4) is 0 Å². The van der Waals surface area contributed by atoms with Crippen molar-refractivity contribution < 1.29 is 4.79 Å². The van der Waals surface area contributed by atoms with E-state index in [0.29, 0.717) is 19.0 Å². The second-order valence-electron chi connectivity index (χ2n) is 6.75. The van der Waals surface area contributed by atoms with Crippen molar-refractivity contribution in [3.05, 3.63) is 34.9 Å². The molecule has 3 nitrogen and oxygen atoms in total. The zero-order valence-corrected chi connectivity index (χ0v) is 13.7. The van der Waals surface area contributed by atoms with Gasteiger partial charge in [0.25, 0.3) is 0 Å². The molecule has 1 atom stereocenters. The van der Waals surface area contributed by atoms with Crippen LogP contribution in [0.2, 0.25) is 5.02 Å². The van der Waals surface area contributed by atoms with E-state index in [9.17, 15) is 4.79 Å². The zero-order chi connectivity index (χ0) is 15.3. The number of hydrogen-bond acceptors (Lipinski definition) is 2. The average Bonchev–Trinajstić information content (AvgIpc) is 2.89. The van der Waals surface area contributed by atoms with Gasteiger partial charge in [-0.2, -0.15) is 0 Å². The first-order valence-electron chi connectivity index (χ1n) is 7.69. The van der Waals surface area contributed by atoms with Crippen LogP contribution in [0.5, 0.6) is 0 Å². The van der Waals surface area contributed by atoms with Crippen molar-refractivity contribution in [2.45, 2.75) is 45.6 Å². The number of nitrogens with one attached hydrogen (secondary N) is 2. The summed E-state index contributed by atoms with van der Waals surface area (Å²) in [6, 6.07) is 8.29. The Kier molecular flexibility index (Phi) is 5.65. The maximum absolute atomic E-state index is 12.0. The first-order chi connectivity index (χ1) is 9.94. The van der Waals surface area contributed by atoms with Crippen LogP contribution in [0.1, 0.15) is 38.7 Å². The summed E-state index contributed by atoms with van der Waals surface area (Å²) < 4.78 is 0. The van der Waals surface area contributed by atoms with Gasteiger partial charge in [0.05, 0.1) is 0 Å². The van der Waals surface area contributed by atoms with Crippen LogP contribution in [0.4, 0.5) is 0 Å².